The molecule has 2 aliphatic rings. The summed E-state index contributed by atoms with van der Waals surface area (Å²) in [5.41, 5.74) is 5.68. The Morgan fingerprint density at radius 1 is 1.33 bits per heavy atom. The molecule has 1 unspecified atom stereocenters. The Labute approximate surface area is 110 Å². The summed E-state index contributed by atoms with van der Waals surface area (Å²) in [6, 6.07) is 0.479. The van der Waals surface area contributed by atoms with Crippen molar-refractivity contribution < 1.29 is 4.79 Å². The second-order valence-electron chi connectivity index (χ2n) is 5.78. The number of piperidine rings is 1. The zero-order valence-electron chi connectivity index (χ0n) is 11.6. The fourth-order valence-electron chi connectivity index (χ4n) is 3.16. The van der Waals surface area contributed by atoms with E-state index in [4.69, 9.17) is 5.73 Å². The number of hydrogen-bond donors (Lipinski definition) is 1. The molecule has 4 heteroatoms. The van der Waals surface area contributed by atoms with Crippen LogP contribution in [0.15, 0.2) is 0 Å². The largest absolute Gasteiger partial charge is 0.339 e. The Bertz CT molecular complexity index is 274. The summed E-state index contributed by atoms with van der Waals surface area (Å²) in [4.78, 5) is 16.6. The van der Waals surface area contributed by atoms with E-state index in [0.29, 0.717) is 30.8 Å². The summed E-state index contributed by atoms with van der Waals surface area (Å²) < 4.78 is 0. The topological polar surface area (TPSA) is 49.6 Å². The van der Waals surface area contributed by atoms with Crippen LogP contribution >= 0.6 is 0 Å². The van der Waals surface area contributed by atoms with E-state index in [1.54, 1.807) is 0 Å². The number of carbonyl (C=O) groups is 1. The predicted octanol–water partition coefficient (Wildman–Crippen LogP) is 1.06. The number of rotatable bonds is 5. The summed E-state index contributed by atoms with van der Waals surface area (Å²) in [5.74, 6) is 0.730. The van der Waals surface area contributed by atoms with Gasteiger partial charge in [0.2, 0.25) is 5.91 Å². The van der Waals surface area contributed by atoms with Crippen molar-refractivity contribution in [1.82, 2.24) is 9.80 Å². The van der Waals surface area contributed by atoms with E-state index in [1.807, 2.05) is 0 Å². The van der Waals surface area contributed by atoms with E-state index in [0.717, 1.165) is 32.5 Å². The zero-order valence-corrected chi connectivity index (χ0v) is 11.6. The van der Waals surface area contributed by atoms with Gasteiger partial charge in [-0.3, -0.25) is 4.79 Å². The first-order valence-corrected chi connectivity index (χ1v) is 7.46. The molecule has 0 aliphatic carbocycles. The fourth-order valence-corrected chi connectivity index (χ4v) is 3.16. The maximum Gasteiger partial charge on any atom is 0.223 e. The maximum atomic E-state index is 12.0. The highest BCUT2D eigenvalue weighted by Gasteiger charge is 2.34. The van der Waals surface area contributed by atoms with Crippen molar-refractivity contribution in [2.45, 2.75) is 45.1 Å². The SMILES string of the molecule is CCCCN1CCC(N2CC(CN)CC2=O)CC1. The van der Waals surface area contributed by atoms with Crippen LogP contribution in [0.4, 0.5) is 0 Å². The highest BCUT2D eigenvalue weighted by atomic mass is 16.2. The van der Waals surface area contributed by atoms with Crippen molar-refractivity contribution in [2.75, 3.05) is 32.7 Å². The number of nitrogens with zero attached hydrogens (tertiary/aromatic N) is 2. The van der Waals surface area contributed by atoms with Crippen molar-refractivity contribution in [3.63, 3.8) is 0 Å². The van der Waals surface area contributed by atoms with E-state index in [9.17, 15) is 4.79 Å². The van der Waals surface area contributed by atoms with Gasteiger partial charge in [-0.2, -0.15) is 0 Å². The van der Waals surface area contributed by atoms with Gasteiger partial charge in [-0.15, -0.1) is 0 Å². The van der Waals surface area contributed by atoms with Gasteiger partial charge in [0.25, 0.3) is 0 Å². The van der Waals surface area contributed by atoms with Crippen LogP contribution in [0.3, 0.4) is 0 Å². The molecule has 1 atom stereocenters. The van der Waals surface area contributed by atoms with Gasteiger partial charge in [0, 0.05) is 32.1 Å². The van der Waals surface area contributed by atoms with E-state index in [-0.39, 0.29) is 0 Å². The minimum absolute atomic E-state index is 0.331. The molecule has 18 heavy (non-hydrogen) atoms. The van der Waals surface area contributed by atoms with Crippen LogP contribution in [0.25, 0.3) is 0 Å². The highest BCUT2D eigenvalue weighted by molar-refractivity contribution is 5.79. The van der Waals surface area contributed by atoms with Crippen LogP contribution in [-0.4, -0.2) is 54.5 Å². The second kappa shape index (κ2) is 6.53. The third kappa shape index (κ3) is 3.23. The highest BCUT2D eigenvalue weighted by Crippen LogP contribution is 2.25. The Hall–Kier alpha value is -0.610. The molecular weight excluding hydrogens is 226 g/mol. The van der Waals surface area contributed by atoms with Crippen molar-refractivity contribution in [1.29, 1.82) is 0 Å². The average Bonchev–Trinajstić information content (AvgIpc) is 2.78. The normalized spacial score (nSPS) is 27.1. The summed E-state index contributed by atoms with van der Waals surface area (Å²) >= 11 is 0. The zero-order chi connectivity index (χ0) is 13.0. The summed E-state index contributed by atoms with van der Waals surface area (Å²) in [7, 11) is 0. The number of carbonyl (C=O) groups excluding carboxylic acids is 1. The van der Waals surface area contributed by atoms with Crippen molar-refractivity contribution in [2.24, 2.45) is 11.7 Å². The molecule has 0 spiro atoms. The molecule has 2 rings (SSSR count). The second-order valence-corrected chi connectivity index (χ2v) is 5.78. The van der Waals surface area contributed by atoms with Crippen LogP contribution in [0.2, 0.25) is 0 Å². The Morgan fingerprint density at radius 3 is 2.61 bits per heavy atom. The number of hydrogen-bond acceptors (Lipinski definition) is 3. The first kappa shape index (κ1) is 13.8. The third-order valence-corrected chi connectivity index (χ3v) is 4.40. The van der Waals surface area contributed by atoms with E-state index >= 15 is 0 Å². The quantitative estimate of drug-likeness (QED) is 0.797. The smallest absolute Gasteiger partial charge is 0.223 e. The van der Waals surface area contributed by atoms with Gasteiger partial charge in [0.15, 0.2) is 0 Å². The number of likely N-dealkylation sites (tertiary alicyclic amines) is 2. The summed E-state index contributed by atoms with van der Waals surface area (Å²) in [6.07, 6.45) is 5.53. The molecule has 2 heterocycles. The fraction of sp³-hybridized carbons (Fsp3) is 0.929. The summed E-state index contributed by atoms with van der Waals surface area (Å²) in [6.45, 7) is 7.32. The Morgan fingerprint density at radius 2 is 2.06 bits per heavy atom. The maximum absolute atomic E-state index is 12.0. The molecule has 2 saturated heterocycles. The van der Waals surface area contributed by atoms with Gasteiger partial charge < -0.3 is 15.5 Å². The molecule has 104 valence electrons. The predicted molar refractivity (Wildman–Crippen MR) is 73.2 cm³/mol. The Balaban J connectivity index is 1.77. The van der Waals surface area contributed by atoms with E-state index in [2.05, 4.69) is 16.7 Å². The molecule has 1 amide bonds. The average molecular weight is 253 g/mol. The molecule has 0 bridgehead atoms. The molecule has 0 saturated carbocycles. The van der Waals surface area contributed by atoms with Crippen LogP contribution in [0, 0.1) is 5.92 Å². The molecule has 2 N–H and O–H groups in total. The summed E-state index contributed by atoms with van der Waals surface area (Å²) in [5, 5.41) is 0. The first-order valence-electron chi connectivity index (χ1n) is 7.46. The standard InChI is InChI=1S/C14H27N3O/c1-2-3-6-16-7-4-13(5-8-16)17-11-12(10-15)9-14(17)18/h12-13H,2-11,15H2,1H3. The van der Waals surface area contributed by atoms with Crippen LogP contribution in [0.5, 0.6) is 0 Å². The first-order chi connectivity index (χ1) is 8.74. The molecule has 4 nitrogen and oxygen atoms in total. The lowest BCUT2D eigenvalue weighted by Gasteiger charge is -2.36. The molecular formula is C14H27N3O. The monoisotopic (exact) mass is 253 g/mol. The lowest BCUT2D eigenvalue weighted by molar-refractivity contribution is -0.130. The van der Waals surface area contributed by atoms with Gasteiger partial charge in [-0.05, 0) is 38.3 Å². The van der Waals surface area contributed by atoms with E-state index < -0.39 is 0 Å². The molecule has 0 aromatic rings. The molecule has 0 aromatic heterocycles. The lowest BCUT2D eigenvalue weighted by Crippen LogP contribution is -2.45. The van der Waals surface area contributed by atoms with Gasteiger partial charge in [0.1, 0.15) is 0 Å². The third-order valence-electron chi connectivity index (χ3n) is 4.40. The molecule has 2 fully saturated rings. The van der Waals surface area contributed by atoms with Gasteiger partial charge in [-0.1, -0.05) is 13.3 Å². The van der Waals surface area contributed by atoms with Crippen molar-refractivity contribution >= 4 is 5.91 Å². The van der Waals surface area contributed by atoms with Crippen molar-refractivity contribution in [3.05, 3.63) is 0 Å². The van der Waals surface area contributed by atoms with E-state index in [1.165, 1.54) is 19.4 Å². The molecule has 0 radical (unpaired) electrons. The van der Waals surface area contributed by atoms with Crippen molar-refractivity contribution in [3.8, 4) is 0 Å². The van der Waals surface area contributed by atoms with Gasteiger partial charge >= 0.3 is 0 Å². The Kier molecular flexibility index (Phi) is 5.01. The van der Waals surface area contributed by atoms with Crippen LogP contribution in [-0.2, 0) is 4.79 Å². The molecule has 0 aromatic carbocycles. The number of amides is 1. The number of nitrogens with two attached hydrogens (primary N) is 1. The van der Waals surface area contributed by atoms with Gasteiger partial charge in [-0.25, -0.2) is 0 Å². The van der Waals surface area contributed by atoms with Crippen LogP contribution in [0.1, 0.15) is 39.0 Å². The minimum Gasteiger partial charge on any atom is -0.339 e. The number of unbranched alkanes of at least 4 members (excludes halogenated alkanes) is 1. The van der Waals surface area contributed by atoms with Crippen LogP contribution < -0.4 is 5.73 Å². The minimum atomic E-state index is 0.331. The lowest BCUT2D eigenvalue weighted by atomic mass is 10.0. The molecule has 2 aliphatic heterocycles. The van der Waals surface area contributed by atoms with Gasteiger partial charge in [0.05, 0.1) is 0 Å².